The monoisotopic (exact) mass is 307 g/mol. The van der Waals surface area contributed by atoms with Crippen molar-refractivity contribution in [2.75, 3.05) is 30.7 Å². The molecule has 2 fully saturated rings. The highest BCUT2D eigenvalue weighted by atomic mass is 35.5. The highest BCUT2D eigenvalue weighted by Gasteiger charge is 2.81. The smallest absolute Gasteiger partial charge is 0.382 e. The third kappa shape index (κ3) is 1.74. The van der Waals surface area contributed by atoms with Crippen LogP contribution in [-0.2, 0) is 0 Å². The van der Waals surface area contributed by atoms with Gasteiger partial charge in [-0.1, -0.05) is 11.6 Å². The molecule has 2 heterocycles. The van der Waals surface area contributed by atoms with Crippen molar-refractivity contribution >= 4 is 23.2 Å². The summed E-state index contributed by atoms with van der Waals surface area (Å²) in [5, 5.41) is 5.83. The Bertz CT molecular complexity index is 551. The second kappa shape index (κ2) is 4.11. The van der Waals surface area contributed by atoms with E-state index < -0.39 is 17.0 Å². The highest BCUT2D eigenvalue weighted by Crippen LogP contribution is 2.72. The molecule has 1 aromatic rings. The second-order valence-electron chi connectivity index (χ2n) is 5.42. The lowest BCUT2D eigenvalue weighted by atomic mass is 9.95. The first-order valence-electron chi connectivity index (χ1n) is 6.09. The SMILES string of the molecule is Nc1ncnc(NC[C@@]23CNC[C@]2(C(F)(F)F)C3)c1Cl. The van der Waals surface area contributed by atoms with Crippen LogP contribution < -0.4 is 16.4 Å². The summed E-state index contributed by atoms with van der Waals surface area (Å²) < 4.78 is 39.5. The Morgan fingerprint density at radius 2 is 2.15 bits per heavy atom. The van der Waals surface area contributed by atoms with Gasteiger partial charge in [0.2, 0.25) is 0 Å². The van der Waals surface area contributed by atoms with E-state index >= 15 is 0 Å². The molecule has 110 valence electrons. The van der Waals surface area contributed by atoms with Crippen LogP contribution in [-0.4, -0.2) is 35.8 Å². The largest absolute Gasteiger partial charge is 0.396 e. The van der Waals surface area contributed by atoms with Gasteiger partial charge >= 0.3 is 6.18 Å². The van der Waals surface area contributed by atoms with Gasteiger partial charge in [-0.3, -0.25) is 0 Å². The summed E-state index contributed by atoms with van der Waals surface area (Å²) in [6, 6.07) is 0. The molecule has 0 radical (unpaired) electrons. The lowest BCUT2D eigenvalue weighted by Gasteiger charge is -2.21. The normalized spacial score (nSPS) is 32.0. The lowest BCUT2D eigenvalue weighted by molar-refractivity contribution is -0.190. The first kappa shape index (κ1) is 13.7. The summed E-state index contributed by atoms with van der Waals surface area (Å²) in [5.41, 5.74) is 3.08. The maximum Gasteiger partial charge on any atom is 0.396 e. The average Bonchev–Trinajstić information content (AvgIpc) is 2.89. The van der Waals surface area contributed by atoms with E-state index in [1.165, 1.54) is 6.33 Å². The van der Waals surface area contributed by atoms with E-state index in [2.05, 4.69) is 20.6 Å². The third-order valence-corrected chi connectivity index (χ3v) is 4.75. The maximum atomic E-state index is 13.2. The van der Waals surface area contributed by atoms with Crippen LogP contribution in [0.2, 0.25) is 5.02 Å². The molecule has 2 atom stereocenters. The number of nitrogen functional groups attached to an aromatic ring is 1. The van der Waals surface area contributed by atoms with Gasteiger partial charge in [-0.25, -0.2) is 9.97 Å². The van der Waals surface area contributed by atoms with Crippen LogP contribution >= 0.6 is 11.6 Å². The number of hydrogen-bond acceptors (Lipinski definition) is 5. The molecule has 0 amide bonds. The number of hydrogen-bond donors (Lipinski definition) is 3. The Hall–Kier alpha value is -1.28. The summed E-state index contributed by atoms with van der Waals surface area (Å²) in [4.78, 5) is 7.60. The summed E-state index contributed by atoms with van der Waals surface area (Å²) in [7, 11) is 0. The fourth-order valence-electron chi connectivity index (χ4n) is 3.09. The van der Waals surface area contributed by atoms with E-state index in [4.69, 9.17) is 17.3 Å². The maximum absolute atomic E-state index is 13.2. The van der Waals surface area contributed by atoms with Crippen molar-refractivity contribution in [1.82, 2.24) is 15.3 Å². The number of nitrogens with two attached hydrogens (primary N) is 1. The average molecular weight is 308 g/mol. The third-order valence-electron chi connectivity index (χ3n) is 4.37. The summed E-state index contributed by atoms with van der Waals surface area (Å²) in [6.07, 6.45) is -2.85. The van der Waals surface area contributed by atoms with Crippen molar-refractivity contribution in [2.45, 2.75) is 12.6 Å². The number of anilines is 2. The van der Waals surface area contributed by atoms with Crippen molar-refractivity contribution in [1.29, 1.82) is 0 Å². The van der Waals surface area contributed by atoms with E-state index in [-0.39, 0.29) is 36.2 Å². The Morgan fingerprint density at radius 1 is 1.40 bits per heavy atom. The van der Waals surface area contributed by atoms with E-state index in [1.54, 1.807) is 0 Å². The first-order chi connectivity index (χ1) is 9.31. The van der Waals surface area contributed by atoms with Gasteiger partial charge in [0.05, 0.1) is 5.41 Å². The number of aromatic nitrogens is 2. The van der Waals surface area contributed by atoms with Crippen molar-refractivity contribution in [3.8, 4) is 0 Å². The molecule has 3 rings (SSSR count). The summed E-state index contributed by atoms with van der Waals surface area (Å²) >= 11 is 5.91. The van der Waals surface area contributed by atoms with Crippen LogP contribution in [0.5, 0.6) is 0 Å². The van der Waals surface area contributed by atoms with E-state index in [0.29, 0.717) is 6.54 Å². The highest BCUT2D eigenvalue weighted by molar-refractivity contribution is 6.35. The van der Waals surface area contributed by atoms with Gasteiger partial charge in [0, 0.05) is 25.0 Å². The van der Waals surface area contributed by atoms with Crippen LogP contribution in [0.1, 0.15) is 6.42 Å². The van der Waals surface area contributed by atoms with Gasteiger partial charge in [0.15, 0.2) is 0 Å². The molecule has 1 aliphatic heterocycles. The molecule has 1 saturated carbocycles. The Balaban J connectivity index is 1.75. The molecule has 5 nitrogen and oxygen atoms in total. The minimum Gasteiger partial charge on any atom is -0.382 e. The summed E-state index contributed by atoms with van der Waals surface area (Å²) in [5.74, 6) is 0.368. The molecule has 1 aromatic heterocycles. The van der Waals surface area contributed by atoms with Gasteiger partial charge in [-0.05, 0) is 6.42 Å². The molecule has 2 aliphatic rings. The molecule has 0 spiro atoms. The van der Waals surface area contributed by atoms with Crippen molar-refractivity contribution < 1.29 is 13.2 Å². The van der Waals surface area contributed by atoms with Crippen LogP contribution in [0.25, 0.3) is 0 Å². The standard InChI is InChI=1S/C11H13ClF3N5/c12-6-7(16)19-5-20-8(6)18-3-9-1-10(9,4-17-2-9)11(13,14)15/h5,17H,1-4H2,(H3,16,18,19,20)/t9-,10-/m1/s1. The van der Waals surface area contributed by atoms with Crippen molar-refractivity contribution in [3.05, 3.63) is 11.3 Å². The molecule has 0 bridgehead atoms. The zero-order valence-electron chi connectivity index (χ0n) is 10.4. The van der Waals surface area contributed by atoms with E-state index in [1.807, 2.05) is 0 Å². The molecule has 20 heavy (non-hydrogen) atoms. The predicted molar refractivity (Wildman–Crippen MR) is 68.4 cm³/mol. The van der Waals surface area contributed by atoms with Crippen LogP contribution in [0, 0.1) is 10.8 Å². The zero-order chi connectivity index (χ0) is 14.6. The fourth-order valence-corrected chi connectivity index (χ4v) is 3.25. The van der Waals surface area contributed by atoms with Crippen LogP contribution in [0.15, 0.2) is 6.33 Å². The van der Waals surface area contributed by atoms with Crippen LogP contribution in [0.3, 0.4) is 0 Å². The molecule has 1 saturated heterocycles. The Kier molecular flexibility index (Phi) is 2.81. The van der Waals surface area contributed by atoms with Gasteiger partial charge in [0.1, 0.15) is 23.0 Å². The number of piperidine rings is 1. The van der Waals surface area contributed by atoms with Gasteiger partial charge in [-0.15, -0.1) is 0 Å². The number of rotatable bonds is 3. The number of nitrogens with zero attached hydrogens (tertiary/aromatic N) is 2. The molecular formula is C11H13ClF3N5. The Labute approximate surface area is 118 Å². The molecule has 1 aliphatic carbocycles. The predicted octanol–water partition coefficient (Wildman–Crippen LogP) is 1.67. The van der Waals surface area contributed by atoms with Gasteiger partial charge < -0.3 is 16.4 Å². The summed E-state index contributed by atoms with van der Waals surface area (Å²) in [6.45, 7) is 0.450. The molecule has 0 unspecified atom stereocenters. The minimum absolute atomic E-state index is 0.0299. The molecule has 0 aromatic carbocycles. The van der Waals surface area contributed by atoms with Crippen molar-refractivity contribution in [2.24, 2.45) is 10.8 Å². The number of nitrogens with one attached hydrogen (secondary N) is 2. The van der Waals surface area contributed by atoms with Gasteiger partial charge in [-0.2, -0.15) is 13.2 Å². The van der Waals surface area contributed by atoms with Crippen LogP contribution in [0.4, 0.5) is 24.8 Å². The fraction of sp³-hybridized carbons (Fsp3) is 0.636. The zero-order valence-corrected chi connectivity index (χ0v) is 11.1. The molecule has 4 N–H and O–H groups in total. The number of halogens is 4. The van der Waals surface area contributed by atoms with Gasteiger partial charge in [0.25, 0.3) is 0 Å². The van der Waals surface area contributed by atoms with Crippen molar-refractivity contribution in [3.63, 3.8) is 0 Å². The van der Waals surface area contributed by atoms with E-state index in [0.717, 1.165) is 0 Å². The second-order valence-corrected chi connectivity index (χ2v) is 5.79. The molecular weight excluding hydrogens is 295 g/mol. The quantitative estimate of drug-likeness (QED) is 0.792. The minimum atomic E-state index is -4.20. The lowest BCUT2D eigenvalue weighted by Crippen LogP contribution is -2.33. The Morgan fingerprint density at radius 3 is 2.80 bits per heavy atom. The van der Waals surface area contributed by atoms with E-state index in [9.17, 15) is 13.2 Å². The molecule has 9 heteroatoms. The number of fused-ring (bicyclic) bond motifs is 1. The first-order valence-corrected chi connectivity index (χ1v) is 6.46. The number of alkyl halides is 3. The topological polar surface area (TPSA) is 75.9 Å².